The van der Waals surface area contributed by atoms with Crippen LogP contribution in [0.2, 0.25) is 0 Å². The van der Waals surface area contributed by atoms with Crippen molar-refractivity contribution < 1.29 is 4.79 Å². The maximum atomic E-state index is 12.9. The maximum Gasteiger partial charge on any atom is 0.272 e. The van der Waals surface area contributed by atoms with Crippen LogP contribution < -0.4 is 0 Å². The van der Waals surface area contributed by atoms with Crippen LogP contribution in [0.5, 0.6) is 0 Å². The molecule has 0 aliphatic carbocycles. The highest BCUT2D eigenvalue weighted by Crippen LogP contribution is 2.28. The smallest absolute Gasteiger partial charge is 0.272 e. The predicted molar refractivity (Wildman–Crippen MR) is 97.1 cm³/mol. The minimum absolute atomic E-state index is 0.0415. The molecular formula is C19H22N6O. The second-order valence-electron chi connectivity index (χ2n) is 6.52. The van der Waals surface area contributed by atoms with Crippen LogP contribution in [0.25, 0.3) is 5.69 Å². The van der Waals surface area contributed by atoms with Crippen LogP contribution in [0.3, 0.4) is 0 Å². The van der Waals surface area contributed by atoms with Gasteiger partial charge in [0.1, 0.15) is 17.8 Å². The predicted octanol–water partition coefficient (Wildman–Crippen LogP) is 2.50. The number of nitrogens with zero attached hydrogens (tertiary/aromatic N) is 6. The molecule has 1 atom stereocenters. The molecule has 1 amide bonds. The lowest BCUT2D eigenvalue weighted by atomic mass is 9.96. The van der Waals surface area contributed by atoms with E-state index in [0.717, 1.165) is 30.9 Å². The molecule has 0 bridgehead atoms. The number of carbonyl (C=O) groups is 1. The molecule has 0 saturated carbocycles. The van der Waals surface area contributed by atoms with E-state index in [9.17, 15) is 4.79 Å². The molecular weight excluding hydrogens is 328 g/mol. The third-order valence-corrected chi connectivity index (χ3v) is 4.92. The highest BCUT2D eigenvalue weighted by molar-refractivity contribution is 5.92. The highest BCUT2D eigenvalue weighted by Gasteiger charge is 2.29. The molecule has 1 aliphatic rings. The summed E-state index contributed by atoms with van der Waals surface area (Å²) in [7, 11) is 0. The topological polar surface area (TPSA) is 68.8 Å². The number of aryl methyl sites for hydroxylation is 1. The summed E-state index contributed by atoms with van der Waals surface area (Å²) in [5.41, 5.74) is 1.69. The van der Waals surface area contributed by atoms with Crippen molar-refractivity contribution >= 4 is 5.91 Å². The molecule has 1 fully saturated rings. The van der Waals surface area contributed by atoms with E-state index in [-0.39, 0.29) is 11.8 Å². The molecule has 4 rings (SSSR count). The zero-order chi connectivity index (χ0) is 17.9. The number of carbonyl (C=O) groups excluding carboxylic acids is 1. The van der Waals surface area contributed by atoms with Crippen molar-refractivity contribution in [2.75, 3.05) is 13.1 Å². The highest BCUT2D eigenvalue weighted by atomic mass is 16.2. The number of benzene rings is 1. The van der Waals surface area contributed by atoms with Crippen LogP contribution >= 0.6 is 0 Å². The largest absolute Gasteiger partial charge is 0.337 e. The van der Waals surface area contributed by atoms with Gasteiger partial charge in [-0.1, -0.05) is 18.2 Å². The van der Waals surface area contributed by atoms with Gasteiger partial charge in [0.15, 0.2) is 0 Å². The first-order valence-electron chi connectivity index (χ1n) is 9.04. The number of hydrogen-bond acceptors (Lipinski definition) is 4. The average Bonchev–Trinajstić information content (AvgIpc) is 3.37. The summed E-state index contributed by atoms with van der Waals surface area (Å²) in [5, 5.41) is 12.7. The zero-order valence-corrected chi connectivity index (χ0v) is 14.8. The van der Waals surface area contributed by atoms with Crippen molar-refractivity contribution in [2.45, 2.75) is 32.2 Å². The Labute approximate surface area is 152 Å². The monoisotopic (exact) mass is 350 g/mol. The number of rotatable bonds is 4. The zero-order valence-electron chi connectivity index (χ0n) is 14.8. The second kappa shape index (κ2) is 7.11. The Hall–Kier alpha value is -2.96. The van der Waals surface area contributed by atoms with E-state index in [2.05, 4.69) is 15.3 Å². The van der Waals surface area contributed by atoms with Crippen molar-refractivity contribution in [3.63, 3.8) is 0 Å². The molecule has 3 aromatic rings. The second-order valence-corrected chi connectivity index (χ2v) is 6.52. The lowest BCUT2D eigenvalue weighted by Crippen LogP contribution is -2.40. The van der Waals surface area contributed by atoms with Gasteiger partial charge in [-0.05, 0) is 38.0 Å². The standard InChI is InChI=1S/C19H22N6O/c1-2-25-17(10-11-21-25)19(26)23-12-6-7-15(13-23)18-22-20-14-24(18)16-8-4-3-5-9-16/h3-5,8-11,14-15H,2,6-7,12-13H2,1H3. The fourth-order valence-electron chi connectivity index (χ4n) is 3.61. The molecule has 1 saturated heterocycles. The van der Waals surface area contributed by atoms with Gasteiger partial charge in [0, 0.05) is 37.4 Å². The third-order valence-electron chi connectivity index (χ3n) is 4.92. The summed E-state index contributed by atoms with van der Waals surface area (Å²) < 4.78 is 3.77. The number of hydrogen-bond donors (Lipinski definition) is 0. The van der Waals surface area contributed by atoms with Crippen molar-refractivity contribution in [3.8, 4) is 5.69 Å². The Morgan fingerprint density at radius 3 is 2.88 bits per heavy atom. The molecule has 3 heterocycles. The first-order valence-corrected chi connectivity index (χ1v) is 9.04. The summed E-state index contributed by atoms with van der Waals surface area (Å²) in [6.07, 6.45) is 5.39. The quantitative estimate of drug-likeness (QED) is 0.725. The average molecular weight is 350 g/mol. The van der Waals surface area contributed by atoms with E-state index in [1.807, 2.05) is 46.7 Å². The third kappa shape index (κ3) is 3.00. The summed E-state index contributed by atoms with van der Waals surface area (Å²) in [5.74, 6) is 1.13. The Kier molecular flexibility index (Phi) is 4.51. The summed E-state index contributed by atoms with van der Waals surface area (Å²) in [4.78, 5) is 14.9. The van der Waals surface area contributed by atoms with Gasteiger partial charge < -0.3 is 4.90 Å². The normalized spacial score (nSPS) is 17.4. The van der Waals surface area contributed by atoms with E-state index in [0.29, 0.717) is 18.8 Å². The van der Waals surface area contributed by atoms with Gasteiger partial charge in [-0.2, -0.15) is 5.10 Å². The molecule has 1 aliphatic heterocycles. The maximum absolute atomic E-state index is 12.9. The van der Waals surface area contributed by atoms with E-state index in [4.69, 9.17) is 0 Å². The van der Waals surface area contributed by atoms with Crippen molar-refractivity contribution in [1.82, 2.24) is 29.4 Å². The summed E-state index contributed by atoms with van der Waals surface area (Å²) in [6, 6.07) is 11.9. The molecule has 0 radical (unpaired) electrons. The Balaban J connectivity index is 1.57. The molecule has 2 aromatic heterocycles. The number of aromatic nitrogens is 5. The van der Waals surface area contributed by atoms with Crippen molar-refractivity contribution in [1.29, 1.82) is 0 Å². The fraction of sp³-hybridized carbons (Fsp3) is 0.368. The van der Waals surface area contributed by atoms with E-state index in [1.165, 1.54) is 0 Å². The van der Waals surface area contributed by atoms with Crippen LogP contribution in [-0.2, 0) is 6.54 Å². The van der Waals surface area contributed by atoms with Gasteiger partial charge in [0.05, 0.1) is 0 Å². The minimum Gasteiger partial charge on any atom is -0.337 e. The first-order chi connectivity index (χ1) is 12.8. The van der Waals surface area contributed by atoms with Gasteiger partial charge in [0.2, 0.25) is 0 Å². The SMILES string of the molecule is CCn1nccc1C(=O)N1CCCC(c2nncn2-c2ccccc2)C1. The minimum atomic E-state index is 0.0415. The molecule has 7 heteroatoms. The summed E-state index contributed by atoms with van der Waals surface area (Å²) in [6.45, 7) is 4.10. The number of likely N-dealkylation sites (tertiary alicyclic amines) is 1. The van der Waals surface area contributed by atoms with Crippen molar-refractivity contribution in [3.05, 3.63) is 60.4 Å². The molecule has 26 heavy (non-hydrogen) atoms. The summed E-state index contributed by atoms with van der Waals surface area (Å²) >= 11 is 0. The van der Waals surface area contributed by atoms with Gasteiger partial charge in [-0.15, -0.1) is 10.2 Å². The van der Waals surface area contributed by atoms with Crippen LogP contribution in [0.4, 0.5) is 0 Å². The van der Waals surface area contributed by atoms with Gasteiger partial charge >= 0.3 is 0 Å². The van der Waals surface area contributed by atoms with Gasteiger partial charge in [-0.25, -0.2) is 0 Å². The molecule has 0 spiro atoms. The van der Waals surface area contributed by atoms with Crippen LogP contribution in [0, 0.1) is 0 Å². The first kappa shape index (κ1) is 16.5. The molecule has 134 valence electrons. The van der Waals surface area contributed by atoms with Crippen LogP contribution in [-0.4, -0.2) is 48.4 Å². The number of piperidine rings is 1. The Morgan fingerprint density at radius 1 is 1.23 bits per heavy atom. The Bertz CT molecular complexity index is 884. The van der Waals surface area contributed by atoms with Gasteiger partial charge in [0.25, 0.3) is 5.91 Å². The molecule has 1 unspecified atom stereocenters. The lowest BCUT2D eigenvalue weighted by molar-refractivity contribution is 0.0691. The van der Waals surface area contributed by atoms with Crippen molar-refractivity contribution in [2.24, 2.45) is 0 Å². The number of para-hydroxylation sites is 1. The molecule has 1 aromatic carbocycles. The van der Waals surface area contributed by atoms with Crippen LogP contribution in [0.1, 0.15) is 42.0 Å². The fourth-order valence-corrected chi connectivity index (χ4v) is 3.61. The van der Waals surface area contributed by atoms with E-state index in [1.54, 1.807) is 23.3 Å². The number of amides is 1. The molecule has 7 nitrogen and oxygen atoms in total. The lowest BCUT2D eigenvalue weighted by Gasteiger charge is -2.32. The Morgan fingerprint density at radius 2 is 2.08 bits per heavy atom. The van der Waals surface area contributed by atoms with Crippen LogP contribution in [0.15, 0.2) is 48.9 Å². The van der Waals surface area contributed by atoms with Gasteiger partial charge in [-0.3, -0.25) is 14.0 Å². The molecule has 0 N–H and O–H groups in total. The van der Waals surface area contributed by atoms with E-state index >= 15 is 0 Å². The van der Waals surface area contributed by atoms with E-state index < -0.39 is 0 Å².